The van der Waals surface area contributed by atoms with Gasteiger partial charge in [0.25, 0.3) is 5.91 Å². The molecule has 7 nitrogen and oxygen atoms in total. The van der Waals surface area contributed by atoms with Gasteiger partial charge in [-0.1, -0.05) is 0 Å². The van der Waals surface area contributed by atoms with Crippen LogP contribution >= 0.6 is 12.4 Å². The van der Waals surface area contributed by atoms with Crippen molar-refractivity contribution in [2.75, 3.05) is 38.3 Å². The second kappa shape index (κ2) is 12.1. The number of methoxy groups -OCH3 is 1. The summed E-state index contributed by atoms with van der Waals surface area (Å²) in [4.78, 5) is 28.8. The smallest absolute Gasteiger partial charge is 0.416 e. The lowest BCUT2D eigenvalue weighted by Gasteiger charge is -2.39. The second-order valence-corrected chi connectivity index (χ2v) is 8.89. The van der Waals surface area contributed by atoms with Crippen LogP contribution in [0.1, 0.15) is 51.7 Å². The molecule has 34 heavy (non-hydrogen) atoms. The molecule has 0 aromatic heterocycles. The highest BCUT2D eigenvalue weighted by Crippen LogP contribution is 2.44. The van der Waals surface area contributed by atoms with Crippen LogP contribution in [0.2, 0.25) is 0 Å². The molecule has 1 aliphatic heterocycles. The fraction of sp³-hybridized carbons (Fsp3) is 0.652. The third-order valence-corrected chi connectivity index (χ3v) is 5.54. The number of carbonyl (C=O) groups excluding carboxylic acids is 2. The average Bonchev–Trinajstić information content (AvgIpc) is 2.70. The summed E-state index contributed by atoms with van der Waals surface area (Å²) in [6.45, 7) is 7.86. The molecule has 2 N–H and O–H groups in total. The molecule has 0 radical (unpaired) electrons. The normalized spacial score (nSPS) is 15.0. The number of ether oxygens (including phenoxy) is 2. The van der Waals surface area contributed by atoms with E-state index in [1.165, 1.54) is 29.7 Å². The molecule has 1 aromatic rings. The maximum absolute atomic E-state index is 13.9. The van der Waals surface area contributed by atoms with Crippen molar-refractivity contribution < 1.29 is 32.2 Å². The lowest BCUT2D eigenvalue weighted by atomic mass is 9.97. The van der Waals surface area contributed by atoms with E-state index in [9.17, 15) is 22.8 Å². The Balaban J connectivity index is 0.00000578. The predicted octanol–water partition coefficient (Wildman–Crippen LogP) is 3.80. The van der Waals surface area contributed by atoms with E-state index in [0.717, 1.165) is 6.07 Å². The molecule has 0 bridgehead atoms. The summed E-state index contributed by atoms with van der Waals surface area (Å²) in [5, 5.41) is 0. The first-order valence-corrected chi connectivity index (χ1v) is 11.1. The highest BCUT2D eigenvalue weighted by atomic mass is 35.5. The predicted molar refractivity (Wildman–Crippen MR) is 126 cm³/mol. The van der Waals surface area contributed by atoms with E-state index in [4.69, 9.17) is 15.2 Å². The van der Waals surface area contributed by atoms with E-state index in [0.29, 0.717) is 26.0 Å². The number of hydrogen-bond acceptors (Lipinski definition) is 5. The summed E-state index contributed by atoms with van der Waals surface area (Å²) in [6.07, 6.45) is -3.87. The zero-order valence-corrected chi connectivity index (χ0v) is 21.1. The van der Waals surface area contributed by atoms with Crippen molar-refractivity contribution in [1.82, 2.24) is 4.90 Å². The summed E-state index contributed by atoms with van der Waals surface area (Å²) in [5.74, 6) is -0.843. The molecule has 0 atom stereocenters. The number of nitrogens with two attached hydrogens (primary N) is 1. The van der Waals surface area contributed by atoms with Crippen molar-refractivity contribution in [2.45, 2.75) is 64.8 Å². The Bertz CT molecular complexity index is 863. The van der Waals surface area contributed by atoms with Crippen LogP contribution in [0.5, 0.6) is 5.75 Å². The summed E-state index contributed by atoms with van der Waals surface area (Å²) in [5.41, 5.74) is 3.34. The zero-order chi connectivity index (χ0) is 25.0. The standard InChI is InChI=1S/C23H34F3N3O4.ClH/c1-15(2)28(10-8-27)20(30)13-16-12-18-19(14-17(16)23(24,25)26)33-22(3,4)21(31)29(18)9-6-7-11-32-5;/h12,14-15H,6-11,13,27H2,1-5H3;1H. The molecule has 194 valence electrons. The summed E-state index contributed by atoms with van der Waals surface area (Å²) < 4.78 is 52.5. The molecule has 1 aromatic carbocycles. The monoisotopic (exact) mass is 509 g/mol. The molecule has 0 saturated carbocycles. The van der Waals surface area contributed by atoms with Crippen molar-refractivity contribution in [3.8, 4) is 5.75 Å². The molecular weight excluding hydrogens is 475 g/mol. The molecule has 1 heterocycles. The Morgan fingerprint density at radius 2 is 1.91 bits per heavy atom. The van der Waals surface area contributed by atoms with E-state index in [2.05, 4.69) is 0 Å². The zero-order valence-electron chi connectivity index (χ0n) is 20.3. The van der Waals surface area contributed by atoms with Crippen LogP contribution in [0.3, 0.4) is 0 Å². The van der Waals surface area contributed by atoms with Gasteiger partial charge in [-0.05, 0) is 58.2 Å². The van der Waals surface area contributed by atoms with Gasteiger partial charge in [-0.15, -0.1) is 12.4 Å². The molecule has 1 aliphatic rings. The van der Waals surface area contributed by atoms with Crippen LogP contribution in [-0.4, -0.2) is 61.7 Å². The highest BCUT2D eigenvalue weighted by Gasteiger charge is 2.43. The van der Waals surface area contributed by atoms with Crippen LogP contribution in [0.4, 0.5) is 18.9 Å². The van der Waals surface area contributed by atoms with Gasteiger partial charge >= 0.3 is 6.18 Å². The summed E-state index contributed by atoms with van der Waals surface area (Å²) in [6, 6.07) is 1.95. The Morgan fingerprint density at radius 3 is 2.44 bits per heavy atom. The Hall–Kier alpha value is -2.04. The topological polar surface area (TPSA) is 85.1 Å². The van der Waals surface area contributed by atoms with Gasteiger partial charge in [0.2, 0.25) is 5.91 Å². The fourth-order valence-corrected chi connectivity index (χ4v) is 3.88. The van der Waals surface area contributed by atoms with Gasteiger partial charge in [0.15, 0.2) is 5.60 Å². The number of nitrogens with zero attached hydrogens (tertiary/aromatic N) is 2. The summed E-state index contributed by atoms with van der Waals surface area (Å²) in [7, 11) is 1.57. The molecule has 0 unspecified atom stereocenters. The van der Waals surface area contributed by atoms with E-state index >= 15 is 0 Å². The van der Waals surface area contributed by atoms with Crippen LogP contribution in [0.15, 0.2) is 12.1 Å². The number of halogens is 4. The van der Waals surface area contributed by atoms with Crippen molar-refractivity contribution in [3.05, 3.63) is 23.3 Å². The molecule has 2 amide bonds. The van der Waals surface area contributed by atoms with Crippen molar-refractivity contribution in [3.63, 3.8) is 0 Å². The largest absolute Gasteiger partial charge is 0.476 e. The molecular formula is C23H35ClF3N3O4. The second-order valence-electron chi connectivity index (χ2n) is 8.89. The van der Waals surface area contributed by atoms with Crippen LogP contribution < -0.4 is 15.4 Å². The van der Waals surface area contributed by atoms with Crippen molar-refractivity contribution in [1.29, 1.82) is 0 Å². The number of fused-ring (bicyclic) bond motifs is 1. The van der Waals surface area contributed by atoms with Crippen LogP contribution in [-0.2, 0) is 26.9 Å². The number of amides is 2. The van der Waals surface area contributed by atoms with E-state index < -0.39 is 29.7 Å². The van der Waals surface area contributed by atoms with E-state index in [-0.39, 0.29) is 54.4 Å². The first-order chi connectivity index (χ1) is 15.3. The number of carbonyl (C=O) groups is 2. The van der Waals surface area contributed by atoms with Crippen molar-refractivity contribution in [2.24, 2.45) is 5.73 Å². The maximum Gasteiger partial charge on any atom is 0.416 e. The van der Waals surface area contributed by atoms with Gasteiger partial charge in [-0.2, -0.15) is 13.2 Å². The SMILES string of the molecule is COCCCCN1C(=O)C(C)(C)Oc2cc(C(F)(F)F)c(CC(=O)N(CCN)C(C)C)cc21.Cl. The minimum Gasteiger partial charge on any atom is -0.476 e. The number of anilines is 1. The Morgan fingerprint density at radius 1 is 1.26 bits per heavy atom. The van der Waals surface area contributed by atoms with Gasteiger partial charge in [-0.25, -0.2) is 0 Å². The van der Waals surface area contributed by atoms with Gasteiger partial charge in [0, 0.05) is 39.4 Å². The molecule has 0 aliphatic carbocycles. The minimum atomic E-state index is -4.70. The van der Waals surface area contributed by atoms with Gasteiger partial charge in [-0.3, -0.25) is 9.59 Å². The fourth-order valence-electron chi connectivity index (χ4n) is 3.88. The lowest BCUT2D eigenvalue weighted by Crippen LogP contribution is -2.53. The van der Waals surface area contributed by atoms with Crippen LogP contribution in [0.25, 0.3) is 0 Å². The molecule has 11 heteroatoms. The number of hydrogen-bond donors (Lipinski definition) is 1. The molecule has 2 rings (SSSR count). The molecule has 0 saturated heterocycles. The van der Waals surface area contributed by atoms with E-state index in [1.54, 1.807) is 21.0 Å². The first kappa shape index (κ1) is 30.0. The molecule has 0 spiro atoms. The third-order valence-electron chi connectivity index (χ3n) is 5.54. The number of unbranched alkanes of at least 4 members (excludes halogenated alkanes) is 1. The van der Waals surface area contributed by atoms with Gasteiger partial charge in [0.05, 0.1) is 17.7 Å². The lowest BCUT2D eigenvalue weighted by molar-refractivity contribution is -0.139. The maximum atomic E-state index is 13.9. The number of rotatable bonds is 10. The van der Waals surface area contributed by atoms with Gasteiger partial charge in [0.1, 0.15) is 5.75 Å². The Labute approximate surface area is 205 Å². The third kappa shape index (κ3) is 6.99. The molecule has 0 fully saturated rings. The first-order valence-electron chi connectivity index (χ1n) is 11.1. The summed E-state index contributed by atoms with van der Waals surface area (Å²) >= 11 is 0. The van der Waals surface area contributed by atoms with E-state index in [1.807, 2.05) is 0 Å². The van der Waals surface area contributed by atoms with Crippen molar-refractivity contribution >= 4 is 29.9 Å². The quantitative estimate of drug-likeness (QED) is 0.485. The minimum absolute atomic E-state index is 0. The van der Waals surface area contributed by atoms with Crippen LogP contribution in [0, 0.1) is 0 Å². The number of benzene rings is 1. The van der Waals surface area contributed by atoms with Gasteiger partial charge < -0.3 is 25.0 Å². The highest BCUT2D eigenvalue weighted by molar-refractivity contribution is 6.02. The average molecular weight is 510 g/mol. The number of alkyl halides is 3. The Kier molecular flexibility index (Phi) is 10.7.